The van der Waals surface area contributed by atoms with Crippen LogP contribution in [0.5, 0.6) is 0 Å². The summed E-state index contributed by atoms with van der Waals surface area (Å²) < 4.78 is 2.10. The Kier molecular flexibility index (Phi) is 7.30. The molecule has 3 rings (SSSR count). The van der Waals surface area contributed by atoms with Gasteiger partial charge in [0.05, 0.1) is 11.0 Å². The number of fused-ring (bicyclic) bond motifs is 1. The molecule has 2 aromatic carbocycles. The van der Waals surface area contributed by atoms with E-state index in [0.717, 1.165) is 42.7 Å². The SMILES string of the molecule is CCCCN(C)C(=O)Cn1c(C(C)c2ccc(CC(C)C)cc2)nc2ccccc21. The standard InChI is InChI=1S/C26H35N3O/c1-6-7-16-28(5)25(30)18-29-24-11-9-8-10-23(24)27-26(29)20(4)22-14-12-21(13-15-22)17-19(2)3/h8-15,19-20H,6-7,16-18H2,1-5H3. The van der Waals surface area contributed by atoms with Crippen molar-refractivity contribution in [3.63, 3.8) is 0 Å². The Morgan fingerprint density at radius 3 is 2.43 bits per heavy atom. The van der Waals surface area contributed by atoms with Crippen molar-refractivity contribution in [1.29, 1.82) is 0 Å². The highest BCUT2D eigenvalue weighted by Crippen LogP contribution is 2.28. The average Bonchev–Trinajstić information content (AvgIpc) is 3.10. The third-order valence-corrected chi connectivity index (χ3v) is 5.76. The Hall–Kier alpha value is -2.62. The molecule has 0 aliphatic heterocycles. The van der Waals surface area contributed by atoms with Gasteiger partial charge in [0.25, 0.3) is 0 Å². The van der Waals surface area contributed by atoms with Gasteiger partial charge in [0.2, 0.25) is 5.91 Å². The molecule has 0 radical (unpaired) electrons. The summed E-state index contributed by atoms with van der Waals surface area (Å²) in [7, 11) is 1.90. The number of hydrogen-bond donors (Lipinski definition) is 0. The zero-order valence-electron chi connectivity index (χ0n) is 19.1. The molecule has 0 aliphatic carbocycles. The summed E-state index contributed by atoms with van der Waals surface area (Å²) >= 11 is 0. The van der Waals surface area contributed by atoms with Crippen LogP contribution in [0.1, 0.15) is 63.4 Å². The van der Waals surface area contributed by atoms with E-state index in [2.05, 4.69) is 62.6 Å². The highest BCUT2D eigenvalue weighted by Gasteiger charge is 2.21. The van der Waals surface area contributed by atoms with Gasteiger partial charge in [0, 0.05) is 19.5 Å². The van der Waals surface area contributed by atoms with Crippen LogP contribution in [0.15, 0.2) is 48.5 Å². The number of nitrogens with zero attached hydrogens (tertiary/aromatic N) is 3. The van der Waals surface area contributed by atoms with Crippen molar-refractivity contribution in [2.45, 2.75) is 59.4 Å². The molecule has 1 heterocycles. The van der Waals surface area contributed by atoms with Gasteiger partial charge in [-0.05, 0) is 42.0 Å². The van der Waals surface area contributed by atoms with Gasteiger partial charge in [-0.25, -0.2) is 4.98 Å². The van der Waals surface area contributed by atoms with Crippen LogP contribution in [0.4, 0.5) is 0 Å². The lowest BCUT2D eigenvalue weighted by molar-refractivity contribution is -0.130. The normalized spacial score (nSPS) is 12.5. The molecule has 1 aromatic heterocycles. The minimum absolute atomic E-state index is 0.110. The third-order valence-electron chi connectivity index (χ3n) is 5.76. The first kappa shape index (κ1) is 22.1. The van der Waals surface area contributed by atoms with Crippen molar-refractivity contribution in [3.8, 4) is 0 Å². The molecule has 4 heteroatoms. The second-order valence-corrected chi connectivity index (χ2v) is 8.77. The van der Waals surface area contributed by atoms with Crippen LogP contribution in [-0.2, 0) is 17.8 Å². The molecule has 0 aliphatic rings. The fourth-order valence-electron chi connectivity index (χ4n) is 3.93. The number of carbonyl (C=O) groups excluding carboxylic acids is 1. The molecule has 3 aromatic rings. The Morgan fingerprint density at radius 2 is 1.77 bits per heavy atom. The van der Waals surface area contributed by atoms with Crippen molar-refractivity contribution in [2.75, 3.05) is 13.6 Å². The van der Waals surface area contributed by atoms with E-state index in [1.165, 1.54) is 11.1 Å². The second kappa shape index (κ2) is 9.92. The molecule has 160 valence electrons. The number of rotatable bonds is 9. The summed E-state index contributed by atoms with van der Waals surface area (Å²) in [5.74, 6) is 1.84. The Bertz CT molecular complexity index is 972. The largest absolute Gasteiger partial charge is 0.344 e. The van der Waals surface area contributed by atoms with E-state index in [1.54, 1.807) is 0 Å². The van der Waals surface area contributed by atoms with Gasteiger partial charge in [0.15, 0.2) is 0 Å². The molecule has 0 bridgehead atoms. The summed E-state index contributed by atoms with van der Waals surface area (Å²) in [4.78, 5) is 19.7. The van der Waals surface area contributed by atoms with E-state index in [-0.39, 0.29) is 11.8 Å². The van der Waals surface area contributed by atoms with Crippen LogP contribution in [0.25, 0.3) is 11.0 Å². The van der Waals surface area contributed by atoms with E-state index in [0.29, 0.717) is 12.5 Å². The second-order valence-electron chi connectivity index (χ2n) is 8.77. The van der Waals surface area contributed by atoms with E-state index in [9.17, 15) is 4.79 Å². The predicted octanol–water partition coefficient (Wildman–Crippen LogP) is 5.65. The van der Waals surface area contributed by atoms with E-state index in [1.807, 2.05) is 30.1 Å². The minimum atomic E-state index is 0.110. The molecule has 4 nitrogen and oxygen atoms in total. The average molecular weight is 406 g/mol. The topological polar surface area (TPSA) is 38.1 Å². The van der Waals surface area contributed by atoms with Gasteiger partial charge in [-0.15, -0.1) is 0 Å². The summed E-state index contributed by atoms with van der Waals surface area (Å²) in [6.07, 6.45) is 3.20. The van der Waals surface area contributed by atoms with Gasteiger partial charge in [-0.2, -0.15) is 0 Å². The third kappa shape index (κ3) is 5.10. The van der Waals surface area contributed by atoms with Crippen LogP contribution in [0.2, 0.25) is 0 Å². The van der Waals surface area contributed by atoms with Crippen molar-refractivity contribution in [2.24, 2.45) is 5.92 Å². The predicted molar refractivity (Wildman–Crippen MR) is 125 cm³/mol. The number of likely N-dealkylation sites (N-methyl/N-ethyl adjacent to an activating group) is 1. The quantitative estimate of drug-likeness (QED) is 0.462. The zero-order valence-corrected chi connectivity index (χ0v) is 19.1. The van der Waals surface area contributed by atoms with E-state index >= 15 is 0 Å². The van der Waals surface area contributed by atoms with Crippen LogP contribution in [0, 0.1) is 5.92 Å². The van der Waals surface area contributed by atoms with Crippen molar-refractivity contribution in [1.82, 2.24) is 14.5 Å². The summed E-state index contributed by atoms with van der Waals surface area (Å²) in [5.41, 5.74) is 4.56. The molecule has 0 saturated carbocycles. The summed E-state index contributed by atoms with van der Waals surface area (Å²) in [6, 6.07) is 17.0. The maximum Gasteiger partial charge on any atom is 0.242 e. The Labute approximate surface area is 180 Å². The van der Waals surface area contributed by atoms with E-state index < -0.39 is 0 Å². The highest BCUT2D eigenvalue weighted by molar-refractivity contribution is 5.81. The van der Waals surface area contributed by atoms with Crippen molar-refractivity contribution < 1.29 is 4.79 Å². The number of unbranched alkanes of at least 4 members (excludes halogenated alkanes) is 1. The van der Waals surface area contributed by atoms with Crippen LogP contribution < -0.4 is 0 Å². The van der Waals surface area contributed by atoms with Gasteiger partial charge in [-0.3, -0.25) is 4.79 Å². The maximum absolute atomic E-state index is 12.9. The molecular formula is C26H35N3O. The zero-order chi connectivity index (χ0) is 21.7. The fourth-order valence-corrected chi connectivity index (χ4v) is 3.93. The van der Waals surface area contributed by atoms with Crippen molar-refractivity contribution >= 4 is 16.9 Å². The van der Waals surface area contributed by atoms with Gasteiger partial charge in [-0.1, -0.05) is 70.5 Å². The summed E-state index contributed by atoms with van der Waals surface area (Å²) in [6.45, 7) is 9.94. The fraction of sp³-hybridized carbons (Fsp3) is 0.462. The number of para-hydroxylation sites is 2. The lowest BCUT2D eigenvalue weighted by Gasteiger charge is -2.20. The number of benzene rings is 2. The molecule has 0 spiro atoms. The van der Waals surface area contributed by atoms with Gasteiger partial charge >= 0.3 is 0 Å². The number of amides is 1. The Balaban J connectivity index is 1.91. The molecule has 1 atom stereocenters. The maximum atomic E-state index is 12.9. The lowest BCUT2D eigenvalue weighted by Crippen LogP contribution is -2.31. The molecule has 1 amide bonds. The lowest BCUT2D eigenvalue weighted by atomic mass is 9.96. The molecule has 0 N–H and O–H groups in total. The molecule has 0 fully saturated rings. The van der Waals surface area contributed by atoms with E-state index in [4.69, 9.17) is 4.98 Å². The smallest absolute Gasteiger partial charge is 0.242 e. The molecular weight excluding hydrogens is 370 g/mol. The number of aromatic nitrogens is 2. The Morgan fingerprint density at radius 1 is 1.07 bits per heavy atom. The van der Waals surface area contributed by atoms with Crippen LogP contribution in [0.3, 0.4) is 0 Å². The monoisotopic (exact) mass is 405 g/mol. The molecule has 1 unspecified atom stereocenters. The van der Waals surface area contributed by atoms with Crippen LogP contribution >= 0.6 is 0 Å². The highest BCUT2D eigenvalue weighted by atomic mass is 16.2. The first-order valence-corrected chi connectivity index (χ1v) is 11.2. The molecule has 30 heavy (non-hydrogen) atoms. The first-order chi connectivity index (χ1) is 14.4. The van der Waals surface area contributed by atoms with Gasteiger partial charge in [0.1, 0.15) is 12.4 Å². The number of imidazole rings is 1. The first-order valence-electron chi connectivity index (χ1n) is 11.2. The molecule has 0 saturated heterocycles. The van der Waals surface area contributed by atoms with Crippen molar-refractivity contribution in [3.05, 3.63) is 65.5 Å². The number of carbonyl (C=O) groups is 1. The van der Waals surface area contributed by atoms with Crippen LogP contribution in [-0.4, -0.2) is 34.0 Å². The summed E-state index contributed by atoms with van der Waals surface area (Å²) in [5, 5.41) is 0. The minimum Gasteiger partial charge on any atom is -0.344 e. The number of hydrogen-bond acceptors (Lipinski definition) is 2. The van der Waals surface area contributed by atoms with Gasteiger partial charge < -0.3 is 9.47 Å².